The second-order valence-corrected chi connectivity index (χ2v) is 8.98. The zero-order chi connectivity index (χ0) is 24.8. The summed E-state index contributed by atoms with van der Waals surface area (Å²) in [6, 6.07) is 24.9. The standard InChI is InChI=1S/C28H30N4O3/c1-30(2)16-15-29-28(33)18-24(22-11-7-4-8-12-22)26-20-31(19-21-9-5-3-6-10-21)27-14-13-23(32(34)35)17-25(26)27/h3-14,17,20,24H,15-16,18-19H2,1-2H3,(H,29,33)/t24-/m1/s1. The maximum atomic E-state index is 12.9. The fourth-order valence-electron chi connectivity index (χ4n) is 4.38. The minimum atomic E-state index is -0.372. The molecule has 1 aromatic heterocycles. The molecule has 7 heteroatoms. The molecular formula is C28H30N4O3. The summed E-state index contributed by atoms with van der Waals surface area (Å²) in [6.07, 6.45) is 2.30. The van der Waals surface area contributed by atoms with Crippen LogP contribution in [0.15, 0.2) is 85.1 Å². The number of amides is 1. The molecule has 4 rings (SSSR count). The molecule has 1 N–H and O–H groups in total. The molecule has 1 amide bonds. The summed E-state index contributed by atoms with van der Waals surface area (Å²) in [6.45, 7) is 1.95. The highest BCUT2D eigenvalue weighted by atomic mass is 16.6. The molecule has 0 spiro atoms. The first-order valence-corrected chi connectivity index (χ1v) is 11.7. The van der Waals surface area contributed by atoms with Gasteiger partial charge in [0, 0.05) is 61.2 Å². The van der Waals surface area contributed by atoms with Crippen LogP contribution in [0.5, 0.6) is 0 Å². The molecule has 180 valence electrons. The fourth-order valence-corrected chi connectivity index (χ4v) is 4.38. The van der Waals surface area contributed by atoms with E-state index in [4.69, 9.17) is 0 Å². The third-order valence-electron chi connectivity index (χ3n) is 6.15. The Hall–Kier alpha value is -3.97. The fraction of sp³-hybridized carbons (Fsp3) is 0.250. The van der Waals surface area contributed by atoms with E-state index in [1.54, 1.807) is 18.2 Å². The second-order valence-electron chi connectivity index (χ2n) is 8.98. The second kappa shape index (κ2) is 11.0. The van der Waals surface area contributed by atoms with E-state index < -0.39 is 0 Å². The number of aromatic nitrogens is 1. The number of nitro benzene ring substituents is 1. The molecule has 0 bridgehead atoms. The van der Waals surface area contributed by atoms with E-state index in [0.717, 1.165) is 34.1 Å². The van der Waals surface area contributed by atoms with Crippen LogP contribution in [0.25, 0.3) is 10.9 Å². The van der Waals surface area contributed by atoms with Gasteiger partial charge in [0.05, 0.1) is 4.92 Å². The quantitative estimate of drug-likeness (QED) is 0.267. The molecule has 3 aromatic carbocycles. The molecular weight excluding hydrogens is 440 g/mol. The predicted molar refractivity (Wildman–Crippen MR) is 139 cm³/mol. The van der Waals surface area contributed by atoms with E-state index in [0.29, 0.717) is 13.1 Å². The SMILES string of the molecule is CN(C)CCNC(=O)C[C@H](c1ccccc1)c1cn(Cc2ccccc2)c2ccc([N+](=O)[O-])cc12. The van der Waals surface area contributed by atoms with Crippen molar-refractivity contribution in [3.63, 3.8) is 0 Å². The first-order valence-electron chi connectivity index (χ1n) is 11.7. The molecule has 0 fully saturated rings. The van der Waals surface area contributed by atoms with Crippen molar-refractivity contribution in [1.29, 1.82) is 0 Å². The first kappa shape index (κ1) is 24.2. The molecule has 1 atom stereocenters. The van der Waals surface area contributed by atoms with E-state index in [1.807, 2.05) is 73.7 Å². The van der Waals surface area contributed by atoms with Gasteiger partial charge in [-0.15, -0.1) is 0 Å². The van der Waals surface area contributed by atoms with Crippen LogP contribution in [0.3, 0.4) is 0 Å². The first-order chi connectivity index (χ1) is 16.9. The van der Waals surface area contributed by atoms with Crippen LogP contribution in [0.1, 0.15) is 29.0 Å². The Balaban J connectivity index is 1.78. The number of hydrogen-bond acceptors (Lipinski definition) is 4. The average molecular weight is 471 g/mol. The lowest BCUT2D eigenvalue weighted by atomic mass is 9.88. The Bertz CT molecular complexity index is 1300. The lowest BCUT2D eigenvalue weighted by Gasteiger charge is -2.18. The monoisotopic (exact) mass is 470 g/mol. The Morgan fingerprint density at radius 1 is 1.03 bits per heavy atom. The largest absolute Gasteiger partial charge is 0.355 e. The third kappa shape index (κ3) is 5.94. The van der Waals surface area contributed by atoms with Crippen molar-refractivity contribution in [2.24, 2.45) is 0 Å². The maximum absolute atomic E-state index is 12.9. The Labute approximate surface area is 205 Å². The third-order valence-corrected chi connectivity index (χ3v) is 6.15. The molecule has 0 aliphatic carbocycles. The summed E-state index contributed by atoms with van der Waals surface area (Å²) >= 11 is 0. The van der Waals surface area contributed by atoms with E-state index in [-0.39, 0.29) is 28.9 Å². The van der Waals surface area contributed by atoms with Gasteiger partial charge in [-0.05, 0) is 36.9 Å². The molecule has 0 saturated carbocycles. The van der Waals surface area contributed by atoms with Gasteiger partial charge in [-0.2, -0.15) is 0 Å². The van der Waals surface area contributed by atoms with Gasteiger partial charge in [-0.1, -0.05) is 60.7 Å². The van der Waals surface area contributed by atoms with Crippen molar-refractivity contribution >= 4 is 22.5 Å². The van der Waals surface area contributed by atoms with E-state index >= 15 is 0 Å². The van der Waals surface area contributed by atoms with E-state index in [2.05, 4.69) is 22.0 Å². The van der Waals surface area contributed by atoms with Crippen molar-refractivity contribution in [3.8, 4) is 0 Å². The van der Waals surface area contributed by atoms with Gasteiger partial charge < -0.3 is 14.8 Å². The van der Waals surface area contributed by atoms with Crippen molar-refractivity contribution < 1.29 is 9.72 Å². The molecule has 1 heterocycles. The van der Waals surface area contributed by atoms with Crippen LogP contribution >= 0.6 is 0 Å². The van der Waals surface area contributed by atoms with E-state index in [9.17, 15) is 14.9 Å². The van der Waals surface area contributed by atoms with Gasteiger partial charge in [0.1, 0.15) is 0 Å². The number of hydrogen-bond donors (Lipinski definition) is 1. The highest BCUT2D eigenvalue weighted by molar-refractivity contribution is 5.88. The number of fused-ring (bicyclic) bond motifs is 1. The summed E-state index contributed by atoms with van der Waals surface area (Å²) in [7, 11) is 3.93. The summed E-state index contributed by atoms with van der Waals surface area (Å²) in [4.78, 5) is 26.2. The number of non-ortho nitro benzene ring substituents is 1. The zero-order valence-corrected chi connectivity index (χ0v) is 20.1. The van der Waals surface area contributed by atoms with Crippen LogP contribution in [0.4, 0.5) is 5.69 Å². The summed E-state index contributed by atoms with van der Waals surface area (Å²) in [5.74, 6) is -0.285. The number of carbonyl (C=O) groups is 1. The average Bonchev–Trinajstić information content (AvgIpc) is 3.20. The summed E-state index contributed by atoms with van der Waals surface area (Å²) < 4.78 is 2.11. The number of benzene rings is 3. The molecule has 0 aliphatic heterocycles. The summed E-state index contributed by atoms with van der Waals surface area (Å²) in [5, 5.41) is 15.4. The normalized spacial score (nSPS) is 12.1. The molecule has 0 unspecified atom stereocenters. The van der Waals surface area contributed by atoms with Gasteiger partial charge in [-0.3, -0.25) is 14.9 Å². The van der Waals surface area contributed by atoms with Crippen molar-refractivity contribution in [2.45, 2.75) is 18.9 Å². The topological polar surface area (TPSA) is 80.4 Å². The number of carbonyl (C=O) groups excluding carboxylic acids is 1. The summed E-state index contributed by atoms with van der Waals surface area (Å²) in [5.41, 5.74) is 3.99. The van der Waals surface area contributed by atoms with Crippen LogP contribution < -0.4 is 5.32 Å². The smallest absolute Gasteiger partial charge is 0.270 e. The lowest BCUT2D eigenvalue weighted by molar-refractivity contribution is -0.384. The molecule has 0 saturated heterocycles. The Morgan fingerprint density at radius 3 is 2.37 bits per heavy atom. The van der Waals surface area contributed by atoms with Gasteiger partial charge in [0.2, 0.25) is 5.91 Å². The van der Waals surface area contributed by atoms with E-state index in [1.165, 1.54) is 0 Å². The maximum Gasteiger partial charge on any atom is 0.270 e. The number of nitrogens with one attached hydrogen (secondary N) is 1. The molecule has 35 heavy (non-hydrogen) atoms. The van der Waals surface area contributed by atoms with Crippen LogP contribution in [0, 0.1) is 10.1 Å². The Morgan fingerprint density at radius 2 is 1.71 bits per heavy atom. The van der Waals surface area contributed by atoms with Crippen molar-refractivity contribution in [2.75, 3.05) is 27.2 Å². The van der Waals surface area contributed by atoms with Gasteiger partial charge >= 0.3 is 0 Å². The van der Waals surface area contributed by atoms with Crippen LogP contribution in [0.2, 0.25) is 0 Å². The van der Waals surface area contributed by atoms with Crippen LogP contribution in [-0.4, -0.2) is 47.5 Å². The minimum absolute atomic E-state index is 0.0402. The lowest BCUT2D eigenvalue weighted by Crippen LogP contribution is -2.32. The molecule has 7 nitrogen and oxygen atoms in total. The predicted octanol–water partition coefficient (Wildman–Crippen LogP) is 4.80. The number of rotatable bonds is 10. The van der Waals surface area contributed by atoms with Crippen molar-refractivity contribution in [3.05, 3.63) is 112 Å². The van der Waals surface area contributed by atoms with Gasteiger partial charge in [0.15, 0.2) is 0 Å². The highest BCUT2D eigenvalue weighted by Crippen LogP contribution is 2.36. The minimum Gasteiger partial charge on any atom is -0.355 e. The Kier molecular flexibility index (Phi) is 7.57. The van der Waals surface area contributed by atoms with Gasteiger partial charge in [0.25, 0.3) is 5.69 Å². The molecule has 0 radical (unpaired) electrons. The highest BCUT2D eigenvalue weighted by Gasteiger charge is 2.24. The number of nitrogens with zero attached hydrogens (tertiary/aromatic N) is 3. The molecule has 4 aromatic rings. The number of nitro groups is 1. The van der Waals surface area contributed by atoms with Crippen molar-refractivity contribution in [1.82, 2.24) is 14.8 Å². The number of likely N-dealkylation sites (N-methyl/N-ethyl adjacent to an activating group) is 1. The van der Waals surface area contributed by atoms with Crippen LogP contribution in [-0.2, 0) is 11.3 Å². The van der Waals surface area contributed by atoms with Gasteiger partial charge in [-0.25, -0.2) is 0 Å². The zero-order valence-electron chi connectivity index (χ0n) is 20.1. The molecule has 0 aliphatic rings.